The highest BCUT2D eigenvalue weighted by atomic mass is 16.1. The molecule has 1 saturated carbocycles. The predicted molar refractivity (Wildman–Crippen MR) is 86.5 cm³/mol. The van der Waals surface area contributed by atoms with E-state index in [2.05, 4.69) is 34.6 Å². The van der Waals surface area contributed by atoms with Crippen molar-refractivity contribution < 1.29 is 0 Å². The first-order valence-electron chi connectivity index (χ1n) is 7.85. The highest BCUT2D eigenvalue weighted by Gasteiger charge is 2.15. The normalized spacial score (nSPS) is 22.7. The summed E-state index contributed by atoms with van der Waals surface area (Å²) in [6.45, 7) is 2.36. The van der Waals surface area contributed by atoms with Crippen molar-refractivity contribution in [3.8, 4) is 11.3 Å². The number of benzene rings is 1. The van der Waals surface area contributed by atoms with Gasteiger partial charge in [0.1, 0.15) is 0 Å². The number of aromatic nitrogens is 2. The first-order chi connectivity index (χ1) is 10.2. The summed E-state index contributed by atoms with van der Waals surface area (Å²) >= 11 is 0. The quantitative estimate of drug-likeness (QED) is 0.752. The smallest absolute Gasteiger partial charge is 0.264 e. The molecule has 3 rings (SSSR count). The lowest BCUT2D eigenvalue weighted by atomic mass is 10.0. The van der Waals surface area contributed by atoms with Crippen LogP contribution in [0.4, 0.5) is 5.69 Å². The van der Waals surface area contributed by atoms with E-state index < -0.39 is 0 Å². The number of rotatable bonds is 3. The highest BCUT2D eigenvalue weighted by molar-refractivity contribution is 5.62. The van der Waals surface area contributed by atoms with E-state index in [1.54, 1.807) is 6.07 Å². The van der Waals surface area contributed by atoms with Crippen LogP contribution < -0.4 is 10.9 Å². The molecule has 0 amide bonds. The maximum absolute atomic E-state index is 11.2. The fraction of sp³-hybridized carbons (Fsp3) is 0.471. The molecule has 2 unspecified atom stereocenters. The van der Waals surface area contributed by atoms with Crippen molar-refractivity contribution in [2.45, 2.75) is 45.1 Å². The Bertz CT molecular complexity index is 626. The van der Waals surface area contributed by atoms with Crippen molar-refractivity contribution in [3.63, 3.8) is 0 Å². The Kier molecular flexibility index (Phi) is 4.13. The van der Waals surface area contributed by atoms with Crippen LogP contribution in [0.3, 0.4) is 0 Å². The summed E-state index contributed by atoms with van der Waals surface area (Å²) in [5.41, 5.74) is 2.92. The van der Waals surface area contributed by atoms with Gasteiger partial charge in [-0.25, -0.2) is 0 Å². The lowest BCUT2D eigenvalue weighted by molar-refractivity contribution is 0.502. The molecule has 21 heavy (non-hydrogen) atoms. The van der Waals surface area contributed by atoms with Crippen molar-refractivity contribution in [2.75, 3.05) is 5.32 Å². The highest BCUT2D eigenvalue weighted by Crippen LogP contribution is 2.26. The fourth-order valence-corrected chi connectivity index (χ4v) is 3.10. The zero-order valence-corrected chi connectivity index (χ0v) is 12.5. The van der Waals surface area contributed by atoms with E-state index >= 15 is 0 Å². The van der Waals surface area contributed by atoms with Crippen molar-refractivity contribution in [1.29, 1.82) is 0 Å². The molecule has 1 aliphatic carbocycles. The van der Waals surface area contributed by atoms with E-state index in [0.29, 0.717) is 6.04 Å². The summed E-state index contributed by atoms with van der Waals surface area (Å²) < 4.78 is 0. The Hall–Kier alpha value is -1.97. The second-order valence-electron chi connectivity index (χ2n) is 6.20. The molecule has 1 aromatic heterocycles. The summed E-state index contributed by atoms with van der Waals surface area (Å²) in [5, 5.41) is 9.09. The topological polar surface area (TPSA) is 60.7 Å². The molecule has 1 aromatic carbocycles. The van der Waals surface area contributed by atoms with Gasteiger partial charge in [-0.15, -0.1) is 0 Å². The van der Waals surface area contributed by atoms with Gasteiger partial charge in [0, 0.05) is 17.8 Å². The SMILES string of the molecule is CC1CCCC(Nc2ccc(-c3cc(=O)[nH][nH]3)cc2)CC1. The molecule has 4 nitrogen and oxygen atoms in total. The van der Waals surface area contributed by atoms with Crippen LogP contribution in [-0.2, 0) is 0 Å². The molecule has 4 heteroatoms. The number of anilines is 1. The summed E-state index contributed by atoms with van der Waals surface area (Å²) in [7, 11) is 0. The van der Waals surface area contributed by atoms with Gasteiger partial charge in [0.25, 0.3) is 5.56 Å². The molecule has 2 aromatic rings. The monoisotopic (exact) mass is 285 g/mol. The molecule has 0 radical (unpaired) electrons. The zero-order chi connectivity index (χ0) is 14.7. The van der Waals surface area contributed by atoms with Gasteiger partial charge in [0.05, 0.1) is 5.69 Å². The van der Waals surface area contributed by atoms with Crippen molar-refractivity contribution >= 4 is 5.69 Å². The van der Waals surface area contributed by atoms with Crippen LogP contribution in [0.25, 0.3) is 11.3 Å². The second-order valence-corrected chi connectivity index (χ2v) is 6.20. The minimum absolute atomic E-state index is 0.0974. The van der Waals surface area contributed by atoms with Gasteiger partial charge in [-0.1, -0.05) is 31.9 Å². The van der Waals surface area contributed by atoms with Crippen molar-refractivity contribution in [1.82, 2.24) is 10.2 Å². The van der Waals surface area contributed by atoms with E-state index in [-0.39, 0.29) is 5.56 Å². The van der Waals surface area contributed by atoms with Gasteiger partial charge in [-0.2, -0.15) is 0 Å². The number of H-pyrrole nitrogens is 2. The lowest BCUT2D eigenvalue weighted by Crippen LogP contribution is -2.18. The maximum atomic E-state index is 11.2. The Labute approximate surface area is 125 Å². The Morgan fingerprint density at radius 1 is 1.05 bits per heavy atom. The number of hydrogen-bond acceptors (Lipinski definition) is 2. The lowest BCUT2D eigenvalue weighted by Gasteiger charge is -2.18. The van der Waals surface area contributed by atoms with Gasteiger partial charge in [-0.3, -0.25) is 15.0 Å². The number of hydrogen-bond donors (Lipinski definition) is 3. The largest absolute Gasteiger partial charge is 0.382 e. The third-order valence-corrected chi connectivity index (χ3v) is 4.42. The van der Waals surface area contributed by atoms with Crippen molar-refractivity contribution in [2.24, 2.45) is 5.92 Å². The number of nitrogens with one attached hydrogen (secondary N) is 3. The van der Waals surface area contributed by atoms with Gasteiger partial charge < -0.3 is 5.32 Å². The molecule has 0 aliphatic heterocycles. The third kappa shape index (κ3) is 3.57. The number of aromatic amines is 2. The molecule has 112 valence electrons. The molecule has 1 fully saturated rings. The Morgan fingerprint density at radius 2 is 1.86 bits per heavy atom. The minimum atomic E-state index is -0.0974. The van der Waals surface area contributed by atoms with Crippen LogP contribution in [0, 0.1) is 5.92 Å². The maximum Gasteiger partial charge on any atom is 0.264 e. The second kappa shape index (κ2) is 6.20. The molecule has 1 heterocycles. The fourth-order valence-electron chi connectivity index (χ4n) is 3.10. The standard InChI is InChI=1S/C17H23N3O/c1-12-3-2-4-14(8-5-12)18-15-9-6-13(7-10-15)16-11-17(21)20-19-16/h6-7,9-12,14,18H,2-5,8H2,1H3,(H2,19,20,21). The molecule has 1 aliphatic rings. The first-order valence-corrected chi connectivity index (χ1v) is 7.85. The van der Waals surface area contributed by atoms with Crippen molar-refractivity contribution in [3.05, 3.63) is 40.7 Å². The van der Waals surface area contributed by atoms with Crippen LogP contribution in [0.1, 0.15) is 39.0 Å². The predicted octanol–water partition coefficient (Wildman–Crippen LogP) is 3.75. The minimum Gasteiger partial charge on any atom is -0.382 e. The van der Waals surface area contributed by atoms with Gasteiger partial charge in [0.15, 0.2) is 0 Å². The van der Waals surface area contributed by atoms with E-state index in [9.17, 15) is 4.79 Å². The summed E-state index contributed by atoms with van der Waals surface area (Å²) in [4.78, 5) is 11.2. The van der Waals surface area contributed by atoms with E-state index in [1.165, 1.54) is 32.1 Å². The molecule has 0 bridgehead atoms. The van der Waals surface area contributed by atoms with Crippen LogP contribution in [0.5, 0.6) is 0 Å². The third-order valence-electron chi connectivity index (χ3n) is 4.42. The van der Waals surface area contributed by atoms with E-state index in [1.807, 2.05) is 12.1 Å². The Balaban J connectivity index is 1.65. The van der Waals surface area contributed by atoms with Gasteiger partial charge in [0.2, 0.25) is 0 Å². The summed E-state index contributed by atoms with van der Waals surface area (Å²) in [6, 6.07) is 10.4. The zero-order valence-electron chi connectivity index (χ0n) is 12.5. The average Bonchev–Trinajstić information content (AvgIpc) is 2.81. The average molecular weight is 285 g/mol. The van der Waals surface area contributed by atoms with E-state index in [0.717, 1.165) is 22.9 Å². The van der Waals surface area contributed by atoms with Crippen LogP contribution in [-0.4, -0.2) is 16.2 Å². The molecular weight excluding hydrogens is 262 g/mol. The van der Waals surface area contributed by atoms with Gasteiger partial charge >= 0.3 is 0 Å². The molecule has 0 spiro atoms. The van der Waals surface area contributed by atoms with E-state index in [4.69, 9.17) is 0 Å². The van der Waals surface area contributed by atoms with Crippen LogP contribution in [0.2, 0.25) is 0 Å². The molecular formula is C17H23N3O. The van der Waals surface area contributed by atoms with Gasteiger partial charge in [-0.05, 0) is 42.9 Å². The van der Waals surface area contributed by atoms with Crippen LogP contribution in [0.15, 0.2) is 35.1 Å². The molecule has 3 N–H and O–H groups in total. The molecule has 2 atom stereocenters. The first kappa shape index (κ1) is 14.0. The molecule has 0 saturated heterocycles. The van der Waals surface area contributed by atoms with Crippen LogP contribution >= 0.6 is 0 Å². The Morgan fingerprint density at radius 3 is 2.57 bits per heavy atom. The summed E-state index contributed by atoms with van der Waals surface area (Å²) in [6.07, 6.45) is 6.52. The summed E-state index contributed by atoms with van der Waals surface area (Å²) in [5.74, 6) is 0.865.